The van der Waals surface area contributed by atoms with Gasteiger partial charge in [0.2, 0.25) is 5.91 Å². The van der Waals surface area contributed by atoms with E-state index in [1.165, 1.54) is 37.0 Å². The molecule has 1 amide bonds. The van der Waals surface area contributed by atoms with Crippen LogP contribution < -0.4 is 9.62 Å². The number of carbonyl (C=O) groups is 2. The Morgan fingerprint density at radius 3 is 2.32 bits per heavy atom. The first kappa shape index (κ1) is 30.6. The molecule has 3 aliphatic carbocycles. The Morgan fingerprint density at radius 1 is 0.977 bits per heavy atom. The lowest BCUT2D eigenvalue weighted by atomic mass is 9.68. The van der Waals surface area contributed by atoms with E-state index in [4.69, 9.17) is 0 Å². The minimum Gasteiger partial charge on any atom is -0.481 e. The number of aliphatic carboxylic acids is 1. The molecule has 1 aromatic heterocycles. The summed E-state index contributed by atoms with van der Waals surface area (Å²) in [4.78, 5) is 30.8. The van der Waals surface area contributed by atoms with Gasteiger partial charge in [-0.05, 0) is 106 Å². The van der Waals surface area contributed by atoms with Gasteiger partial charge in [0.25, 0.3) is 10.0 Å². The van der Waals surface area contributed by atoms with Gasteiger partial charge in [0.05, 0.1) is 33.5 Å². The number of imidazole rings is 1. The Bertz CT molecular complexity index is 1650. The first-order valence-electron chi connectivity index (χ1n) is 16.0. The van der Waals surface area contributed by atoms with Crippen LogP contribution in [0.5, 0.6) is 0 Å². The van der Waals surface area contributed by atoms with Crippen molar-refractivity contribution in [3.05, 3.63) is 53.9 Å². The molecule has 6 rings (SSSR count). The fourth-order valence-electron chi connectivity index (χ4n) is 8.21. The van der Waals surface area contributed by atoms with Crippen molar-refractivity contribution in [1.29, 1.82) is 0 Å². The van der Waals surface area contributed by atoms with E-state index in [9.17, 15) is 23.1 Å². The number of carbonyl (C=O) groups excluding carboxylic acids is 1. The number of benzene rings is 2. The molecule has 44 heavy (non-hydrogen) atoms. The molecule has 1 heterocycles. The number of amides is 1. The van der Waals surface area contributed by atoms with Gasteiger partial charge >= 0.3 is 5.97 Å². The van der Waals surface area contributed by atoms with Crippen molar-refractivity contribution in [2.45, 2.75) is 94.4 Å². The quantitative estimate of drug-likeness (QED) is 0.339. The SMILES string of the molecule is Cc1nc2cc(S(=O)(=O)N(C)c3ccc([C@H]4CCC[C@@H](C(=O)NC5CCC6(CCCC6)CC5)[C@@H]4C(=O)O)cc3)ccc2n1C. The Kier molecular flexibility index (Phi) is 8.24. The Morgan fingerprint density at radius 2 is 1.66 bits per heavy atom. The van der Waals surface area contributed by atoms with Crippen molar-refractivity contribution >= 4 is 38.6 Å². The maximum Gasteiger partial charge on any atom is 0.307 e. The summed E-state index contributed by atoms with van der Waals surface area (Å²) in [5, 5.41) is 13.6. The maximum atomic E-state index is 13.5. The molecule has 3 fully saturated rings. The maximum absolute atomic E-state index is 13.5. The average molecular weight is 621 g/mol. The molecule has 236 valence electrons. The number of hydrogen-bond acceptors (Lipinski definition) is 5. The van der Waals surface area contributed by atoms with E-state index in [1.54, 1.807) is 30.3 Å². The lowest BCUT2D eigenvalue weighted by molar-refractivity contribution is -0.150. The number of aromatic nitrogens is 2. The lowest BCUT2D eigenvalue weighted by Gasteiger charge is -2.39. The van der Waals surface area contributed by atoms with Crippen LogP contribution in [0.1, 0.15) is 87.9 Å². The van der Waals surface area contributed by atoms with E-state index >= 15 is 0 Å². The Balaban J connectivity index is 1.15. The van der Waals surface area contributed by atoms with E-state index in [2.05, 4.69) is 10.3 Å². The molecule has 3 saturated carbocycles. The largest absolute Gasteiger partial charge is 0.481 e. The van der Waals surface area contributed by atoms with Gasteiger partial charge in [-0.3, -0.25) is 13.9 Å². The number of fused-ring (bicyclic) bond motifs is 1. The Labute approximate surface area is 260 Å². The molecule has 1 spiro atoms. The fraction of sp³-hybridized carbons (Fsp3) is 0.559. The third-order valence-corrected chi connectivity index (χ3v) is 12.8. The molecule has 10 heteroatoms. The molecule has 3 aliphatic rings. The molecule has 0 saturated heterocycles. The highest BCUT2D eigenvalue weighted by Gasteiger charge is 2.44. The highest BCUT2D eigenvalue weighted by Crippen LogP contribution is 2.49. The molecular formula is C34H44N4O5S. The van der Waals surface area contributed by atoms with Crippen LogP contribution in [-0.2, 0) is 26.7 Å². The van der Waals surface area contributed by atoms with Crippen molar-refractivity contribution in [1.82, 2.24) is 14.9 Å². The standard InChI is InChI=1S/C34H44N4O5S/c1-22-35-29-21-26(13-14-30(29)37(22)2)44(42,43)38(3)25-11-9-23(10-12-25)27-7-6-8-28(31(27)33(40)41)32(39)36-24-15-19-34(20-16-24)17-4-5-18-34/h9-14,21,24,27-28,31H,4-8,15-20H2,1-3H3,(H,36,39)(H,40,41)/t27-,28-,31-/m1/s1. The highest BCUT2D eigenvalue weighted by atomic mass is 32.2. The van der Waals surface area contributed by atoms with Crippen LogP contribution in [0.3, 0.4) is 0 Å². The van der Waals surface area contributed by atoms with Crippen LogP contribution in [0, 0.1) is 24.2 Å². The van der Waals surface area contributed by atoms with E-state index in [0.29, 0.717) is 29.5 Å². The third kappa shape index (κ3) is 5.61. The number of hydrogen-bond donors (Lipinski definition) is 2. The Hall–Kier alpha value is -3.40. The minimum atomic E-state index is -3.85. The second-order valence-corrected chi connectivity index (χ2v) is 15.4. The van der Waals surface area contributed by atoms with Crippen LogP contribution in [-0.4, -0.2) is 48.0 Å². The highest BCUT2D eigenvalue weighted by molar-refractivity contribution is 7.92. The van der Waals surface area contributed by atoms with Crippen LogP contribution in [0.2, 0.25) is 0 Å². The summed E-state index contributed by atoms with van der Waals surface area (Å²) >= 11 is 0. The first-order chi connectivity index (χ1) is 21.0. The topological polar surface area (TPSA) is 122 Å². The predicted molar refractivity (Wildman–Crippen MR) is 170 cm³/mol. The van der Waals surface area contributed by atoms with Gasteiger partial charge in [0.1, 0.15) is 5.82 Å². The van der Waals surface area contributed by atoms with Crippen molar-refractivity contribution in [2.75, 3.05) is 11.4 Å². The molecule has 3 aromatic rings. The summed E-state index contributed by atoms with van der Waals surface area (Å²) in [5.74, 6) is -2.01. The summed E-state index contributed by atoms with van der Waals surface area (Å²) < 4.78 is 30.2. The lowest BCUT2D eigenvalue weighted by Crippen LogP contribution is -2.47. The zero-order valence-corrected chi connectivity index (χ0v) is 26.8. The molecule has 0 unspecified atom stereocenters. The number of carboxylic acids is 1. The summed E-state index contributed by atoms with van der Waals surface area (Å²) in [5.41, 5.74) is 3.24. The van der Waals surface area contributed by atoms with Crippen molar-refractivity contribution in [3.8, 4) is 0 Å². The van der Waals surface area contributed by atoms with Gasteiger partial charge in [0, 0.05) is 20.1 Å². The fourth-order valence-corrected chi connectivity index (χ4v) is 9.42. The number of sulfonamides is 1. The molecule has 2 N–H and O–H groups in total. The van der Waals surface area contributed by atoms with Crippen molar-refractivity contribution in [3.63, 3.8) is 0 Å². The molecule has 9 nitrogen and oxygen atoms in total. The van der Waals surface area contributed by atoms with E-state index in [1.807, 2.05) is 30.7 Å². The number of carboxylic acid groups (broad SMARTS) is 1. The second kappa shape index (κ2) is 11.8. The van der Waals surface area contributed by atoms with Gasteiger partial charge in [0.15, 0.2) is 0 Å². The van der Waals surface area contributed by atoms with Crippen LogP contribution in [0.4, 0.5) is 5.69 Å². The summed E-state index contributed by atoms with van der Waals surface area (Å²) in [6.07, 6.45) is 11.5. The van der Waals surface area contributed by atoms with Gasteiger partial charge in [-0.1, -0.05) is 31.4 Å². The summed E-state index contributed by atoms with van der Waals surface area (Å²) in [6.45, 7) is 1.87. The normalized spacial score (nSPS) is 24.0. The van der Waals surface area contributed by atoms with E-state index < -0.39 is 27.8 Å². The van der Waals surface area contributed by atoms with Gasteiger partial charge in [-0.25, -0.2) is 13.4 Å². The van der Waals surface area contributed by atoms with Crippen LogP contribution in [0.15, 0.2) is 47.4 Å². The molecule has 0 radical (unpaired) electrons. The number of anilines is 1. The summed E-state index contributed by atoms with van der Waals surface area (Å²) in [7, 11) is -0.448. The van der Waals surface area contributed by atoms with Gasteiger partial charge < -0.3 is 15.0 Å². The van der Waals surface area contributed by atoms with Crippen LogP contribution in [0.25, 0.3) is 11.0 Å². The number of rotatable bonds is 7. The van der Waals surface area contributed by atoms with E-state index in [0.717, 1.165) is 49.0 Å². The average Bonchev–Trinajstić information content (AvgIpc) is 3.60. The van der Waals surface area contributed by atoms with Crippen molar-refractivity contribution in [2.24, 2.45) is 24.3 Å². The zero-order chi connectivity index (χ0) is 31.2. The third-order valence-electron chi connectivity index (χ3n) is 11.0. The summed E-state index contributed by atoms with van der Waals surface area (Å²) in [6, 6.07) is 12.1. The first-order valence-corrected chi connectivity index (χ1v) is 17.5. The van der Waals surface area contributed by atoms with Crippen molar-refractivity contribution < 1.29 is 23.1 Å². The molecule has 3 atom stereocenters. The smallest absolute Gasteiger partial charge is 0.307 e. The number of nitrogens with one attached hydrogen (secondary N) is 1. The number of nitrogens with zero attached hydrogens (tertiary/aromatic N) is 3. The van der Waals surface area contributed by atoms with E-state index in [-0.39, 0.29) is 22.8 Å². The molecule has 0 bridgehead atoms. The predicted octanol–water partition coefficient (Wildman–Crippen LogP) is 5.91. The number of aryl methyl sites for hydroxylation is 2. The minimum absolute atomic E-state index is 0.128. The molecule has 2 aromatic carbocycles. The van der Waals surface area contributed by atoms with Crippen LogP contribution >= 0.6 is 0 Å². The monoisotopic (exact) mass is 620 g/mol. The zero-order valence-electron chi connectivity index (χ0n) is 26.0. The molecular weight excluding hydrogens is 576 g/mol. The molecule has 0 aliphatic heterocycles. The van der Waals surface area contributed by atoms with Gasteiger partial charge in [-0.2, -0.15) is 0 Å². The van der Waals surface area contributed by atoms with Gasteiger partial charge in [-0.15, -0.1) is 0 Å². The second-order valence-electron chi connectivity index (χ2n) is 13.4.